The van der Waals surface area contributed by atoms with Gasteiger partial charge in [-0.3, -0.25) is 4.90 Å². The molecular weight excluding hydrogens is 356 g/mol. The molecule has 1 unspecified atom stereocenters. The van der Waals surface area contributed by atoms with Crippen molar-refractivity contribution in [3.8, 4) is 11.5 Å². The Hall–Kier alpha value is -0.490. The maximum atomic E-state index is 5.38. The number of hydrogen-bond acceptors (Lipinski definition) is 4. The van der Waals surface area contributed by atoms with Crippen LogP contribution in [0.15, 0.2) is 16.6 Å². The molecule has 1 N–H and O–H groups in total. The van der Waals surface area contributed by atoms with Crippen LogP contribution < -0.4 is 14.8 Å². The topological polar surface area (TPSA) is 33.7 Å². The highest BCUT2D eigenvalue weighted by Crippen LogP contribution is 2.34. The molecule has 0 bridgehead atoms. The fourth-order valence-electron chi connectivity index (χ4n) is 2.77. The molecule has 1 aliphatic rings. The molecule has 6 heteroatoms. The van der Waals surface area contributed by atoms with Crippen LogP contribution in [-0.2, 0) is 6.54 Å². The van der Waals surface area contributed by atoms with Crippen LogP contribution in [0.4, 0.5) is 0 Å². The van der Waals surface area contributed by atoms with E-state index in [2.05, 4.69) is 32.2 Å². The van der Waals surface area contributed by atoms with Crippen molar-refractivity contribution in [3.63, 3.8) is 0 Å². The van der Waals surface area contributed by atoms with E-state index in [1.54, 1.807) is 14.2 Å². The molecule has 4 nitrogen and oxygen atoms in total. The number of benzene rings is 1. The van der Waals surface area contributed by atoms with Gasteiger partial charge in [-0.05, 0) is 50.2 Å². The molecule has 1 aromatic rings. The first kappa shape index (κ1) is 18.6. The number of likely N-dealkylation sites (tertiary alicyclic amines) is 1. The van der Waals surface area contributed by atoms with Crippen LogP contribution in [0, 0.1) is 5.92 Å². The Labute approximate surface area is 141 Å². The molecule has 21 heavy (non-hydrogen) atoms. The van der Waals surface area contributed by atoms with Crippen molar-refractivity contribution >= 4 is 28.3 Å². The van der Waals surface area contributed by atoms with Crippen molar-refractivity contribution in [1.29, 1.82) is 0 Å². The van der Waals surface area contributed by atoms with Crippen molar-refractivity contribution in [1.82, 2.24) is 10.2 Å². The van der Waals surface area contributed by atoms with Gasteiger partial charge >= 0.3 is 0 Å². The number of hydrogen-bond donors (Lipinski definition) is 1. The summed E-state index contributed by atoms with van der Waals surface area (Å²) < 4.78 is 11.8. The zero-order chi connectivity index (χ0) is 14.5. The van der Waals surface area contributed by atoms with Crippen molar-refractivity contribution in [2.45, 2.75) is 13.0 Å². The maximum Gasteiger partial charge on any atom is 0.161 e. The molecule has 1 heterocycles. The molecule has 1 aliphatic heterocycles. The Morgan fingerprint density at radius 3 is 2.57 bits per heavy atom. The Balaban J connectivity index is 0.00000220. The van der Waals surface area contributed by atoms with Gasteiger partial charge in [-0.25, -0.2) is 0 Å². The van der Waals surface area contributed by atoms with Crippen molar-refractivity contribution < 1.29 is 9.47 Å². The first-order valence-corrected chi connectivity index (χ1v) is 7.74. The summed E-state index contributed by atoms with van der Waals surface area (Å²) in [4.78, 5) is 2.49. The molecule has 0 amide bonds. The molecule has 1 fully saturated rings. The standard InChI is InChI=1S/C15H23BrN2O2.ClH/c1-17-8-11-4-5-18(9-11)10-12-6-14(19-2)15(20-3)7-13(12)16;/h6-7,11,17H,4-5,8-10H2,1-3H3;1H. The van der Waals surface area contributed by atoms with E-state index < -0.39 is 0 Å². The van der Waals surface area contributed by atoms with E-state index in [-0.39, 0.29) is 12.4 Å². The lowest BCUT2D eigenvalue weighted by Gasteiger charge is -2.18. The zero-order valence-corrected chi connectivity index (χ0v) is 15.2. The smallest absolute Gasteiger partial charge is 0.161 e. The molecule has 120 valence electrons. The number of methoxy groups -OCH3 is 2. The minimum absolute atomic E-state index is 0. The van der Waals surface area contributed by atoms with Gasteiger partial charge in [-0.2, -0.15) is 0 Å². The van der Waals surface area contributed by atoms with Gasteiger partial charge in [-0.1, -0.05) is 15.9 Å². The molecule has 2 rings (SSSR count). The highest BCUT2D eigenvalue weighted by molar-refractivity contribution is 9.10. The number of ether oxygens (including phenoxy) is 2. The Kier molecular flexibility index (Phi) is 7.81. The molecule has 0 saturated carbocycles. The SMILES string of the molecule is CNCC1CCN(Cc2cc(OC)c(OC)cc2Br)C1.Cl. The van der Waals surface area contributed by atoms with Crippen molar-refractivity contribution in [2.24, 2.45) is 5.92 Å². The van der Waals surface area contributed by atoms with Gasteiger partial charge in [0.1, 0.15) is 0 Å². The van der Waals surface area contributed by atoms with Crippen LogP contribution in [0.2, 0.25) is 0 Å². The second kappa shape index (κ2) is 8.83. The Bertz CT molecular complexity index is 460. The summed E-state index contributed by atoms with van der Waals surface area (Å²) in [7, 11) is 5.36. The van der Waals surface area contributed by atoms with Gasteiger partial charge in [0.2, 0.25) is 0 Å². The summed E-state index contributed by atoms with van der Waals surface area (Å²) >= 11 is 3.63. The largest absolute Gasteiger partial charge is 0.493 e. The third-order valence-corrected chi connectivity index (χ3v) is 4.55. The number of nitrogens with zero attached hydrogens (tertiary/aromatic N) is 1. The summed E-state index contributed by atoms with van der Waals surface area (Å²) in [6.45, 7) is 4.36. The van der Waals surface area contributed by atoms with E-state index in [0.29, 0.717) is 0 Å². The lowest BCUT2D eigenvalue weighted by molar-refractivity contribution is 0.312. The second-order valence-corrected chi connectivity index (χ2v) is 6.10. The predicted octanol–water partition coefficient (Wildman–Crippen LogP) is 2.93. The van der Waals surface area contributed by atoms with Crippen LogP contribution in [0.25, 0.3) is 0 Å². The van der Waals surface area contributed by atoms with E-state index in [0.717, 1.165) is 48.1 Å². The number of rotatable bonds is 6. The quantitative estimate of drug-likeness (QED) is 0.824. The second-order valence-electron chi connectivity index (χ2n) is 5.25. The van der Waals surface area contributed by atoms with E-state index >= 15 is 0 Å². The maximum absolute atomic E-state index is 5.38. The fraction of sp³-hybridized carbons (Fsp3) is 0.600. The molecule has 0 radical (unpaired) electrons. The zero-order valence-electron chi connectivity index (χ0n) is 12.8. The highest BCUT2D eigenvalue weighted by Gasteiger charge is 2.22. The van der Waals surface area contributed by atoms with Gasteiger partial charge in [0.05, 0.1) is 14.2 Å². The normalized spacial score (nSPS) is 18.4. The van der Waals surface area contributed by atoms with Crippen LogP contribution in [0.1, 0.15) is 12.0 Å². The minimum atomic E-state index is 0. The van der Waals surface area contributed by atoms with Gasteiger partial charge in [0.15, 0.2) is 11.5 Å². The highest BCUT2D eigenvalue weighted by atomic mass is 79.9. The summed E-state index contributed by atoms with van der Waals surface area (Å²) in [5.41, 5.74) is 1.24. The lowest BCUT2D eigenvalue weighted by atomic mass is 10.1. The molecule has 0 aromatic heterocycles. The van der Waals surface area contributed by atoms with E-state index in [1.807, 2.05) is 13.1 Å². The molecule has 0 aliphatic carbocycles. The van der Waals surface area contributed by atoms with Crippen molar-refractivity contribution in [2.75, 3.05) is 40.9 Å². The fourth-order valence-corrected chi connectivity index (χ4v) is 3.22. The summed E-state index contributed by atoms with van der Waals surface area (Å²) in [5.74, 6) is 2.31. The number of halogens is 2. The van der Waals surface area contributed by atoms with Crippen LogP contribution in [-0.4, -0.2) is 45.8 Å². The average molecular weight is 380 g/mol. The van der Waals surface area contributed by atoms with E-state index in [1.165, 1.54) is 12.0 Å². The lowest BCUT2D eigenvalue weighted by Crippen LogP contribution is -2.24. The van der Waals surface area contributed by atoms with Gasteiger partial charge in [0.25, 0.3) is 0 Å². The van der Waals surface area contributed by atoms with Crippen LogP contribution in [0.3, 0.4) is 0 Å². The molecule has 0 spiro atoms. The van der Waals surface area contributed by atoms with E-state index in [4.69, 9.17) is 9.47 Å². The van der Waals surface area contributed by atoms with Gasteiger partial charge in [-0.15, -0.1) is 12.4 Å². The summed E-state index contributed by atoms with van der Waals surface area (Å²) in [6.07, 6.45) is 1.27. The van der Waals surface area contributed by atoms with Gasteiger partial charge in [0, 0.05) is 17.6 Å². The Morgan fingerprint density at radius 1 is 1.29 bits per heavy atom. The van der Waals surface area contributed by atoms with Gasteiger partial charge < -0.3 is 14.8 Å². The average Bonchev–Trinajstić information content (AvgIpc) is 2.88. The van der Waals surface area contributed by atoms with Crippen LogP contribution in [0.5, 0.6) is 11.5 Å². The summed E-state index contributed by atoms with van der Waals surface area (Å²) in [6, 6.07) is 4.05. The first-order chi connectivity index (χ1) is 9.67. The monoisotopic (exact) mass is 378 g/mol. The molecule has 1 atom stereocenters. The minimum Gasteiger partial charge on any atom is -0.493 e. The third-order valence-electron chi connectivity index (χ3n) is 3.81. The summed E-state index contributed by atoms with van der Waals surface area (Å²) in [5, 5.41) is 3.27. The van der Waals surface area contributed by atoms with Crippen molar-refractivity contribution in [3.05, 3.63) is 22.2 Å². The Morgan fingerprint density at radius 2 is 1.95 bits per heavy atom. The number of nitrogens with one attached hydrogen (secondary N) is 1. The van der Waals surface area contributed by atoms with E-state index in [9.17, 15) is 0 Å². The third kappa shape index (κ3) is 4.74. The molecule has 1 aromatic carbocycles. The molecule has 1 saturated heterocycles. The molecular formula is C15H24BrClN2O2. The predicted molar refractivity (Wildman–Crippen MR) is 91.8 cm³/mol. The van der Waals surface area contributed by atoms with Crippen LogP contribution >= 0.6 is 28.3 Å². The first-order valence-electron chi connectivity index (χ1n) is 6.95.